The molecule has 0 radical (unpaired) electrons. The van der Waals surface area contributed by atoms with Crippen LogP contribution in [0, 0.1) is 18.8 Å². The van der Waals surface area contributed by atoms with Crippen LogP contribution in [0.5, 0.6) is 0 Å². The Kier molecular flexibility index (Phi) is 6.60. The van der Waals surface area contributed by atoms with E-state index < -0.39 is 40.4 Å². The van der Waals surface area contributed by atoms with Gasteiger partial charge in [0.05, 0.1) is 22.4 Å². The van der Waals surface area contributed by atoms with Crippen LogP contribution in [0.3, 0.4) is 0 Å². The summed E-state index contributed by atoms with van der Waals surface area (Å²) in [5, 5.41) is 0. The molecule has 0 aliphatic carbocycles. The Morgan fingerprint density at radius 1 is 0.857 bits per heavy atom. The van der Waals surface area contributed by atoms with E-state index in [1.165, 1.54) is 12.1 Å². The molecule has 1 aliphatic heterocycles. The van der Waals surface area contributed by atoms with Crippen molar-refractivity contribution in [2.75, 3.05) is 6.54 Å². The molecule has 4 rings (SSSR count). The molecular weight excluding hydrogens is 475 g/mol. The maximum absolute atomic E-state index is 14.0. The molecule has 0 spiro atoms. The largest absolute Gasteiger partial charge is 0.396 e. The van der Waals surface area contributed by atoms with Gasteiger partial charge in [-0.1, -0.05) is 72.3 Å². The first kappa shape index (κ1) is 24.7. The number of Topliss-reactive ketones (excluding diaryl/α,β-unsaturated/α-hetero) is 1. The van der Waals surface area contributed by atoms with Crippen LogP contribution in [0.25, 0.3) is 16.8 Å². The van der Waals surface area contributed by atoms with Crippen molar-refractivity contribution in [1.29, 1.82) is 0 Å². The van der Waals surface area contributed by atoms with Crippen molar-refractivity contribution in [3.05, 3.63) is 96.1 Å². The lowest BCUT2D eigenvalue weighted by Gasteiger charge is -2.38. The van der Waals surface area contributed by atoms with E-state index >= 15 is 0 Å². The molecule has 182 valence electrons. The van der Waals surface area contributed by atoms with E-state index in [1.54, 1.807) is 43.3 Å². The summed E-state index contributed by atoms with van der Waals surface area (Å²) in [4.78, 5) is 12.2. The smallest absolute Gasteiger partial charge is 0.300 e. The molecule has 0 fully saturated rings. The number of sulfonamides is 1. The minimum absolute atomic E-state index is 0.0531. The minimum atomic E-state index is -4.70. The van der Waals surface area contributed by atoms with E-state index in [4.69, 9.17) is 0 Å². The molecule has 8 heteroatoms. The molecule has 0 bridgehead atoms. The fraction of sp³-hybridized carbons (Fsp3) is 0.222. The first-order valence-electron chi connectivity index (χ1n) is 11.0. The number of nitrogens with zero attached hydrogens (tertiary/aromatic N) is 1. The molecule has 2 atom stereocenters. The van der Waals surface area contributed by atoms with Gasteiger partial charge in [0.15, 0.2) is 0 Å². The van der Waals surface area contributed by atoms with Gasteiger partial charge >= 0.3 is 6.18 Å². The Morgan fingerprint density at radius 2 is 1.40 bits per heavy atom. The number of ketones is 1. The topological polar surface area (TPSA) is 54.5 Å². The van der Waals surface area contributed by atoms with Crippen LogP contribution < -0.4 is 0 Å². The number of carbonyl (C=O) groups excluding carboxylic acids is 1. The summed E-state index contributed by atoms with van der Waals surface area (Å²) in [7, 11) is -4.23. The second-order valence-electron chi connectivity index (χ2n) is 8.63. The van der Waals surface area contributed by atoms with Crippen LogP contribution in [0.15, 0.2) is 89.8 Å². The Labute approximate surface area is 202 Å². The summed E-state index contributed by atoms with van der Waals surface area (Å²) in [5.41, 5.74) is 2.83. The number of benzene rings is 3. The summed E-state index contributed by atoms with van der Waals surface area (Å²) >= 11 is 0. The molecule has 1 heterocycles. The average Bonchev–Trinajstić information content (AvgIpc) is 2.83. The van der Waals surface area contributed by atoms with Crippen molar-refractivity contribution in [2.24, 2.45) is 11.8 Å². The van der Waals surface area contributed by atoms with Crippen molar-refractivity contribution < 1.29 is 26.4 Å². The Morgan fingerprint density at radius 3 is 1.94 bits per heavy atom. The third-order valence-electron chi connectivity index (χ3n) is 6.20. The number of hydrogen-bond donors (Lipinski definition) is 0. The molecule has 0 amide bonds. The van der Waals surface area contributed by atoms with Gasteiger partial charge in [-0.25, -0.2) is 8.42 Å². The van der Waals surface area contributed by atoms with Gasteiger partial charge in [-0.2, -0.15) is 13.2 Å². The van der Waals surface area contributed by atoms with Crippen molar-refractivity contribution in [1.82, 2.24) is 4.31 Å². The van der Waals surface area contributed by atoms with Crippen LogP contribution in [-0.2, 0) is 14.8 Å². The van der Waals surface area contributed by atoms with E-state index in [1.807, 2.05) is 30.3 Å². The molecule has 0 saturated carbocycles. The van der Waals surface area contributed by atoms with Gasteiger partial charge in [0.2, 0.25) is 0 Å². The molecule has 1 aliphatic rings. The van der Waals surface area contributed by atoms with Gasteiger partial charge < -0.3 is 0 Å². The van der Waals surface area contributed by atoms with E-state index in [0.29, 0.717) is 5.56 Å². The van der Waals surface area contributed by atoms with Gasteiger partial charge in [0.25, 0.3) is 10.0 Å². The second-order valence-corrected chi connectivity index (χ2v) is 10.5. The van der Waals surface area contributed by atoms with Crippen molar-refractivity contribution in [3.8, 4) is 11.1 Å². The number of carbonyl (C=O) groups is 1. The molecular formula is C27H24F3NO3S. The van der Waals surface area contributed by atoms with Gasteiger partial charge in [-0.15, -0.1) is 0 Å². The summed E-state index contributed by atoms with van der Waals surface area (Å²) in [5.74, 6) is -4.35. The highest BCUT2D eigenvalue weighted by molar-refractivity contribution is 7.89. The number of hydrogen-bond acceptors (Lipinski definition) is 3. The van der Waals surface area contributed by atoms with E-state index in [0.717, 1.165) is 34.0 Å². The van der Waals surface area contributed by atoms with Crippen molar-refractivity contribution in [2.45, 2.75) is 24.9 Å². The summed E-state index contributed by atoms with van der Waals surface area (Å²) in [6.07, 6.45) is -3.83. The number of allylic oxidation sites excluding steroid dienone is 1. The summed E-state index contributed by atoms with van der Waals surface area (Å²) < 4.78 is 70.0. The molecule has 3 aromatic carbocycles. The predicted octanol–water partition coefficient (Wildman–Crippen LogP) is 6.09. The third-order valence-corrected chi connectivity index (χ3v) is 7.99. The Balaban J connectivity index is 1.85. The quantitative estimate of drug-likeness (QED) is 0.427. The monoisotopic (exact) mass is 499 g/mol. The zero-order chi connectivity index (χ0) is 25.4. The second kappa shape index (κ2) is 9.34. The van der Waals surface area contributed by atoms with E-state index in [-0.39, 0.29) is 10.6 Å². The Bertz CT molecular complexity index is 1350. The van der Waals surface area contributed by atoms with Crippen molar-refractivity contribution >= 4 is 21.5 Å². The minimum Gasteiger partial charge on any atom is -0.300 e. The maximum Gasteiger partial charge on any atom is 0.396 e. The van der Waals surface area contributed by atoms with E-state index in [9.17, 15) is 26.4 Å². The zero-order valence-electron chi connectivity index (χ0n) is 19.2. The molecule has 3 aromatic rings. The number of aryl methyl sites for hydroxylation is 1. The number of alkyl halides is 3. The molecule has 0 aromatic heterocycles. The first-order valence-corrected chi connectivity index (χ1v) is 12.5. The van der Waals surface area contributed by atoms with Crippen LogP contribution in [0.2, 0.25) is 0 Å². The lowest BCUT2D eigenvalue weighted by Crippen LogP contribution is -2.46. The molecule has 0 unspecified atom stereocenters. The molecule has 0 saturated heterocycles. The standard InChI is InChI=1S/C27H24F3NO3S/c1-18-8-14-23(15-9-18)35(33,34)31-17-24(19(2)32)25(27(28,29)30)16-26(31)22-12-10-21(11-13-22)20-6-4-3-5-7-20/h3-16,24-25H,17H2,1-2H3/t24-,25+/m1/s1. The lowest BCUT2D eigenvalue weighted by molar-refractivity contribution is -0.179. The van der Waals surface area contributed by atoms with Gasteiger partial charge in [0, 0.05) is 6.54 Å². The first-order chi connectivity index (χ1) is 16.5. The third kappa shape index (κ3) is 5.03. The van der Waals surface area contributed by atoms with Gasteiger partial charge in [-0.3, -0.25) is 9.10 Å². The number of halogens is 3. The fourth-order valence-corrected chi connectivity index (χ4v) is 5.75. The summed E-state index contributed by atoms with van der Waals surface area (Å²) in [6, 6.07) is 22.2. The number of rotatable bonds is 5. The SMILES string of the molecule is CC(=O)[C@H]1CN(S(=O)(=O)c2ccc(C)cc2)C(c2ccc(-c3ccccc3)cc2)=C[C@@H]1C(F)(F)F. The van der Waals surface area contributed by atoms with Crippen LogP contribution in [-0.4, -0.2) is 31.2 Å². The molecule has 4 nitrogen and oxygen atoms in total. The molecule has 0 N–H and O–H groups in total. The molecule has 35 heavy (non-hydrogen) atoms. The highest BCUT2D eigenvalue weighted by atomic mass is 32.2. The van der Waals surface area contributed by atoms with E-state index in [2.05, 4.69) is 0 Å². The predicted molar refractivity (Wildman–Crippen MR) is 129 cm³/mol. The van der Waals surface area contributed by atoms with Crippen LogP contribution in [0.4, 0.5) is 13.2 Å². The highest BCUT2D eigenvalue weighted by Gasteiger charge is 2.50. The lowest BCUT2D eigenvalue weighted by atomic mass is 9.84. The normalized spacial score (nSPS) is 18.8. The maximum atomic E-state index is 14.0. The Hall–Kier alpha value is -3.39. The van der Waals surface area contributed by atoms with Crippen LogP contribution >= 0.6 is 0 Å². The van der Waals surface area contributed by atoms with Gasteiger partial charge in [0.1, 0.15) is 5.78 Å². The summed E-state index contributed by atoms with van der Waals surface area (Å²) in [6.45, 7) is 2.27. The van der Waals surface area contributed by atoms with Crippen LogP contribution in [0.1, 0.15) is 18.1 Å². The average molecular weight is 500 g/mol. The van der Waals surface area contributed by atoms with Crippen molar-refractivity contribution in [3.63, 3.8) is 0 Å². The highest BCUT2D eigenvalue weighted by Crippen LogP contribution is 2.43. The zero-order valence-corrected chi connectivity index (χ0v) is 20.0. The fourth-order valence-electron chi connectivity index (χ4n) is 4.23. The van der Waals surface area contributed by atoms with Gasteiger partial charge in [-0.05, 0) is 48.7 Å².